The van der Waals surface area contributed by atoms with Crippen LogP contribution in [0.3, 0.4) is 0 Å². The Labute approximate surface area is 228 Å². The van der Waals surface area contributed by atoms with E-state index in [1.807, 2.05) is 54.6 Å². The first kappa shape index (κ1) is 27.4. The van der Waals surface area contributed by atoms with Crippen molar-refractivity contribution in [3.8, 4) is 34.5 Å². The Morgan fingerprint density at radius 1 is 0.641 bits per heavy atom. The van der Waals surface area contributed by atoms with Gasteiger partial charge in [0.15, 0.2) is 40.3 Å². The lowest BCUT2D eigenvalue weighted by atomic mass is 10.0. The summed E-state index contributed by atoms with van der Waals surface area (Å²) in [5, 5.41) is 1.87. The molecule has 0 unspecified atom stereocenters. The molecule has 3 aromatic carbocycles. The van der Waals surface area contributed by atoms with Crippen molar-refractivity contribution in [2.75, 3.05) is 42.7 Å². The summed E-state index contributed by atoms with van der Waals surface area (Å²) in [5.74, 6) is 5.02. The van der Waals surface area contributed by atoms with Crippen LogP contribution in [0, 0.1) is 0 Å². The van der Waals surface area contributed by atoms with E-state index >= 15 is 0 Å². The molecule has 3 N–H and O–H groups in total. The predicted octanol–water partition coefficient (Wildman–Crippen LogP) is 3.19. The highest BCUT2D eigenvalue weighted by molar-refractivity contribution is 5.90. The minimum atomic E-state index is 0.469. The molecule has 1 aromatic heterocycles. The van der Waals surface area contributed by atoms with E-state index in [1.165, 1.54) is 0 Å². The molecule has 0 fully saturated rings. The Bertz CT molecular complexity index is 1500. The van der Waals surface area contributed by atoms with E-state index in [9.17, 15) is 0 Å². The Kier molecular flexibility index (Phi) is 8.60. The molecular weight excluding hydrogens is 498 g/mol. The predicted molar refractivity (Wildman–Crippen MR) is 150 cm³/mol. The van der Waals surface area contributed by atoms with Crippen molar-refractivity contribution in [1.82, 2.24) is 4.98 Å². The third-order valence-electron chi connectivity index (χ3n) is 6.36. The van der Waals surface area contributed by atoms with Gasteiger partial charge in [-0.3, -0.25) is 0 Å². The van der Waals surface area contributed by atoms with Gasteiger partial charge in [-0.05, 0) is 52.9 Å². The van der Waals surface area contributed by atoms with Crippen LogP contribution in [0.4, 0.5) is 5.82 Å². The Morgan fingerprint density at radius 3 is 1.74 bits per heavy atom. The van der Waals surface area contributed by atoms with Gasteiger partial charge in [0.1, 0.15) is 5.69 Å². The first-order chi connectivity index (χ1) is 18.9. The standard InChI is InChI=1S/C30H33N3O6/c1-34-23-9-7-18(12-25(23)36-3)11-22-21-17-28(39-6)27(38-5)15-20(21)16-30(32-22)33-29(31)14-19-8-10-24(35-2)26(13-19)37-4/h7-10,12-13,15-17H,11,14H2,1-6H3,(H2,31,32,33)/p+1. The van der Waals surface area contributed by atoms with Gasteiger partial charge in [0, 0.05) is 17.9 Å². The third kappa shape index (κ3) is 6.09. The second kappa shape index (κ2) is 12.3. The molecule has 39 heavy (non-hydrogen) atoms. The number of nitrogens with zero attached hydrogens (tertiary/aromatic N) is 1. The Balaban J connectivity index is 1.76. The first-order valence-corrected chi connectivity index (χ1v) is 12.3. The van der Waals surface area contributed by atoms with Gasteiger partial charge in [-0.15, -0.1) is 4.98 Å². The van der Waals surface area contributed by atoms with Crippen LogP contribution in [-0.4, -0.2) is 53.5 Å². The number of benzene rings is 3. The molecule has 0 aliphatic heterocycles. The maximum absolute atomic E-state index is 6.44. The number of rotatable bonds is 11. The second-order valence-corrected chi connectivity index (χ2v) is 8.76. The molecule has 0 aliphatic rings. The van der Waals surface area contributed by atoms with Crippen molar-refractivity contribution in [2.24, 2.45) is 5.73 Å². The molecule has 4 rings (SSSR count). The fourth-order valence-electron chi connectivity index (χ4n) is 4.45. The van der Waals surface area contributed by atoms with E-state index in [1.54, 1.807) is 42.7 Å². The lowest BCUT2D eigenvalue weighted by molar-refractivity contribution is -0.361. The zero-order chi connectivity index (χ0) is 27.9. The van der Waals surface area contributed by atoms with Gasteiger partial charge in [-0.25, -0.2) is 4.99 Å². The van der Waals surface area contributed by atoms with E-state index in [4.69, 9.17) is 39.1 Å². The van der Waals surface area contributed by atoms with Crippen LogP contribution in [0.15, 0.2) is 54.6 Å². The minimum Gasteiger partial charge on any atom is -0.493 e. The topological polar surface area (TPSA) is 108 Å². The fraction of sp³-hybridized carbons (Fsp3) is 0.267. The van der Waals surface area contributed by atoms with Crippen molar-refractivity contribution in [1.29, 1.82) is 0 Å². The Morgan fingerprint density at radius 2 is 1.15 bits per heavy atom. The minimum absolute atomic E-state index is 0.469. The largest absolute Gasteiger partial charge is 0.493 e. The van der Waals surface area contributed by atoms with Crippen molar-refractivity contribution < 1.29 is 33.4 Å². The highest BCUT2D eigenvalue weighted by atomic mass is 16.5. The van der Waals surface area contributed by atoms with Gasteiger partial charge in [0.25, 0.3) is 5.82 Å². The second-order valence-electron chi connectivity index (χ2n) is 8.76. The summed E-state index contributed by atoms with van der Waals surface area (Å²) in [6.45, 7) is 0. The van der Waals surface area contributed by atoms with E-state index < -0.39 is 0 Å². The monoisotopic (exact) mass is 532 g/mol. The number of aromatic nitrogens is 1. The molecule has 1 heterocycles. The number of hydrogen-bond donors (Lipinski definition) is 2. The van der Waals surface area contributed by atoms with Crippen molar-refractivity contribution in [2.45, 2.75) is 12.8 Å². The van der Waals surface area contributed by atoms with E-state index in [2.05, 4.69) is 4.99 Å². The summed E-state index contributed by atoms with van der Waals surface area (Å²) in [6, 6.07) is 17.4. The number of amidine groups is 1. The SMILES string of the molecule is COc1ccc(CC(N)=[NH+]c2cc3cc(OC)c(OC)cc3c(Cc3ccc(OC)c(OC)c3)n2)cc1OC. The van der Waals surface area contributed by atoms with Crippen LogP contribution in [-0.2, 0) is 12.8 Å². The van der Waals surface area contributed by atoms with E-state index in [0.717, 1.165) is 27.6 Å². The summed E-state index contributed by atoms with van der Waals surface area (Å²) in [7, 11) is 9.68. The number of fused-ring (bicyclic) bond motifs is 1. The molecule has 0 atom stereocenters. The van der Waals surface area contributed by atoms with Crippen LogP contribution in [0.1, 0.15) is 16.8 Å². The zero-order valence-corrected chi connectivity index (χ0v) is 23.1. The average molecular weight is 533 g/mol. The molecule has 9 heteroatoms. The maximum atomic E-state index is 6.44. The summed E-state index contributed by atoms with van der Waals surface area (Å²) >= 11 is 0. The van der Waals surface area contributed by atoms with E-state index in [-0.39, 0.29) is 0 Å². The number of pyridine rings is 1. The highest BCUT2D eigenvalue weighted by Gasteiger charge is 2.17. The first-order valence-electron chi connectivity index (χ1n) is 12.3. The van der Waals surface area contributed by atoms with Gasteiger partial charge in [0.2, 0.25) is 0 Å². The summed E-state index contributed by atoms with van der Waals surface area (Å²) < 4.78 is 32.8. The lowest BCUT2D eigenvalue weighted by Crippen LogP contribution is -2.70. The Hall–Kier alpha value is -4.66. The molecule has 0 saturated heterocycles. The van der Waals surface area contributed by atoms with Crippen molar-refractivity contribution in [3.05, 3.63) is 71.4 Å². The van der Waals surface area contributed by atoms with Crippen LogP contribution in [0.2, 0.25) is 0 Å². The van der Waals surface area contributed by atoms with Crippen LogP contribution in [0.25, 0.3) is 10.8 Å². The molecular formula is C30H34N3O6+. The highest BCUT2D eigenvalue weighted by Crippen LogP contribution is 2.35. The normalized spacial score (nSPS) is 11.3. The summed E-state index contributed by atoms with van der Waals surface area (Å²) in [4.78, 5) is 8.22. The van der Waals surface area contributed by atoms with Crippen molar-refractivity contribution >= 4 is 22.4 Å². The number of nitrogens with one attached hydrogen (secondary N) is 1. The summed E-state index contributed by atoms with van der Waals surface area (Å²) in [5.41, 5.74) is 9.25. The van der Waals surface area contributed by atoms with Crippen LogP contribution >= 0.6 is 0 Å². The third-order valence-corrected chi connectivity index (χ3v) is 6.36. The molecule has 4 aromatic rings. The molecule has 0 aliphatic carbocycles. The van der Waals surface area contributed by atoms with Crippen molar-refractivity contribution in [3.63, 3.8) is 0 Å². The fourth-order valence-corrected chi connectivity index (χ4v) is 4.45. The van der Waals surface area contributed by atoms with Gasteiger partial charge in [-0.2, -0.15) is 0 Å². The van der Waals surface area contributed by atoms with E-state index in [0.29, 0.717) is 59.0 Å². The molecule has 9 nitrogen and oxygen atoms in total. The molecule has 0 radical (unpaired) electrons. The number of ether oxygens (including phenoxy) is 6. The average Bonchev–Trinajstić information content (AvgIpc) is 2.96. The van der Waals surface area contributed by atoms with Gasteiger partial charge in [-0.1, -0.05) is 12.1 Å². The number of hydrogen-bond acceptors (Lipinski definition) is 7. The van der Waals surface area contributed by atoms with Gasteiger partial charge < -0.3 is 34.2 Å². The maximum Gasteiger partial charge on any atom is 0.260 e. The zero-order valence-electron chi connectivity index (χ0n) is 23.1. The number of methoxy groups -OCH3 is 6. The molecule has 204 valence electrons. The van der Waals surface area contributed by atoms with Crippen LogP contribution in [0.5, 0.6) is 34.5 Å². The molecule has 0 amide bonds. The lowest BCUT2D eigenvalue weighted by Gasteiger charge is -2.12. The quantitative estimate of drug-likeness (QED) is 0.224. The smallest absolute Gasteiger partial charge is 0.260 e. The molecule has 0 spiro atoms. The number of nitrogens with two attached hydrogens (primary N) is 1. The summed E-state index contributed by atoms with van der Waals surface area (Å²) in [6.07, 6.45) is 1.01. The van der Waals surface area contributed by atoms with Crippen LogP contribution < -0.4 is 39.1 Å². The van der Waals surface area contributed by atoms with Gasteiger partial charge >= 0.3 is 0 Å². The van der Waals surface area contributed by atoms with Gasteiger partial charge in [0.05, 0.1) is 49.1 Å². The molecule has 0 saturated carbocycles. The molecule has 0 bridgehead atoms.